The van der Waals surface area contributed by atoms with Gasteiger partial charge in [0, 0.05) is 37.6 Å². The quantitative estimate of drug-likeness (QED) is 0.839. The summed E-state index contributed by atoms with van der Waals surface area (Å²) in [5, 5.41) is 11.8. The highest BCUT2D eigenvalue weighted by Crippen LogP contribution is 2.20. The number of carbonyl (C=O) groups excluding carboxylic acids is 1. The molecule has 7 heteroatoms. The Morgan fingerprint density at radius 1 is 1.55 bits per heavy atom. The molecular weight excluding hydrogens is 260 g/mol. The molecule has 1 fully saturated rings. The minimum Gasteiger partial charge on any atom is -0.481 e. The summed E-state index contributed by atoms with van der Waals surface area (Å²) in [5.74, 6) is -0.860. The number of aliphatic carboxylic acids is 1. The number of hydrogen-bond donors (Lipinski definition) is 2. The van der Waals surface area contributed by atoms with Gasteiger partial charge in [0.1, 0.15) is 0 Å². The summed E-state index contributed by atoms with van der Waals surface area (Å²) in [6.45, 7) is 3.19. The molecule has 0 aromatic carbocycles. The average molecular weight is 280 g/mol. The fraction of sp³-hybridized carbons (Fsp3) is 0.615. The molecule has 20 heavy (non-hydrogen) atoms. The van der Waals surface area contributed by atoms with Gasteiger partial charge < -0.3 is 19.9 Å². The normalized spacial score (nSPS) is 19.9. The number of urea groups is 1. The Morgan fingerprint density at radius 3 is 3.00 bits per heavy atom. The molecular formula is C13H20N4O3. The minimum absolute atomic E-state index is 0.0172. The van der Waals surface area contributed by atoms with Crippen molar-refractivity contribution in [1.29, 1.82) is 0 Å². The van der Waals surface area contributed by atoms with E-state index in [2.05, 4.69) is 10.3 Å². The maximum absolute atomic E-state index is 12.2. The number of likely N-dealkylation sites (tertiary alicyclic amines) is 1. The number of amides is 2. The molecule has 2 amide bonds. The van der Waals surface area contributed by atoms with E-state index in [1.165, 1.54) is 0 Å². The van der Waals surface area contributed by atoms with Crippen LogP contribution in [-0.4, -0.2) is 50.2 Å². The van der Waals surface area contributed by atoms with E-state index in [0.717, 1.165) is 12.8 Å². The van der Waals surface area contributed by atoms with Crippen molar-refractivity contribution >= 4 is 12.0 Å². The minimum atomic E-state index is -0.860. The highest BCUT2D eigenvalue weighted by Gasteiger charge is 2.30. The Kier molecular flexibility index (Phi) is 4.60. The zero-order chi connectivity index (χ0) is 14.5. The Labute approximate surface area is 117 Å². The fourth-order valence-electron chi connectivity index (χ4n) is 2.57. The zero-order valence-electron chi connectivity index (χ0n) is 11.5. The molecule has 0 spiro atoms. The Balaban J connectivity index is 1.85. The van der Waals surface area contributed by atoms with Crippen LogP contribution in [0.25, 0.3) is 0 Å². The van der Waals surface area contributed by atoms with Crippen LogP contribution in [0.3, 0.4) is 0 Å². The van der Waals surface area contributed by atoms with Crippen LogP contribution in [0.2, 0.25) is 0 Å². The highest BCUT2D eigenvalue weighted by molar-refractivity contribution is 5.76. The van der Waals surface area contributed by atoms with Crippen LogP contribution >= 0.6 is 0 Å². The topological polar surface area (TPSA) is 87.5 Å². The molecule has 1 saturated heterocycles. The number of nitrogens with zero attached hydrogens (tertiary/aromatic N) is 3. The summed E-state index contributed by atoms with van der Waals surface area (Å²) in [6, 6.07) is -0.405. The van der Waals surface area contributed by atoms with Crippen LogP contribution in [0.15, 0.2) is 18.7 Å². The monoisotopic (exact) mass is 280 g/mol. The molecule has 1 aromatic rings. The van der Waals surface area contributed by atoms with E-state index in [1.54, 1.807) is 17.4 Å². The Bertz CT molecular complexity index is 460. The number of aromatic nitrogens is 2. The first kappa shape index (κ1) is 14.4. The number of carboxylic acids is 1. The molecule has 2 unspecified atom stereocenters. The second-order valence-corrected chi connectivity index (χ2v) is 5.20. The molecule has 0 saturated carbocycles. The lowest BCUT2D eigenvalue weighted by Gasteiger charge is -2.26. The van der Waals surface area contributed by atoms with Gasteiger partial charge in [0.05, 0.1) is 12.7 Å². The second kappa shape index (κ2) is 6.40. The third-order valence-corrected chi connectivity index (χ3v) is 3.46. The molecule has 7 nitrogen and oxygen atoms in total. The van der Waals surface area contributed by atoms with Gasteiger partial charge in [-0.25, -0.2) is 9.78 Å². The fourth-order valence-corrected chi connectivity index (χ4v) is 2.57. The number of hydrogen-bond acceptors (Lipinski definition) is 3. The largest absolute Gasteiger partial charge is 0.481 e. The van der Waals surface area contributed by atoms with Crippen molar-refractivity contribution in [2.45, 2.75) is 44.8 Å². The van der Waals surface area contributed by atoms with Gasteiger partial charge in [-0.1, -0.05) is 0 Å². The summed E-state index contributed by atoms with van der Waals surface area (Å²) in [7, 11) is 0. The first-order chi connectivity index (χ1) is 9.56. The smallest absolute Gasteiger partial charge is 0.317 e. The second-order valence-electron chi connectivity index (χ2n) is 5.20. The van der Waals surface area contributed by atoms with Crippen molar-refractivity contribution in [2.24, 2.45) is 0 Å². The predicted molar refractivity (Wildman–Crippen MR) is 72.2 cm³/mol. The van der Waals surface area contributed by atoms with E-state index in [9.17, 15) is 9.59 Å². The van der Waals surface area contributed by atoms with Crippen LogP contribution in [0, 0.1) is 0 Å². The van der Waals surface area contributed by atoms with Crippen LogP contribution in [0.4, 0.5) is 4.79 Å². The molecule has 2 atom stereocenters. The van der Waals surface area contributed by atoms with E-state index in [1.807, 2.05) is 17.7 Å². The summed E-state index contributed by atoms with van der Waals surface area (Å²) in [5.41, 5.74) is 0. The molecule has 110 valence electrons. The SMILES string of the molecule is CC(Cn1ccnc1)NC(=O)N1CCCC1CC(=O)O. The summed E-state index contributed by atoms with van der Waals surface area (Å²) < 4.78 is 1.89. The predicted octanol–water partition coefficient (Wildman–Crippen LogP) is 0.920. The summed E-state index contributed by atoms with van der Waals surface area (Å²) in [4.78, 5) is 28.6. The van der Waals surface area contributed by atoms with E-state index in [-0.39, 0.29) is 24.5 Å². The van der Waals surface area contributed by atoms with E-state index < -0.39 is 5.97 Å². The van der Waals surface area contributed by atoms with Gasteiger partial charge in [-0.3, -0.25) is 4.79 Å². The maximum Gasteiger partial charge on any atom is 0.317 e. The number of rotatable bonds is 5. The third kappa shape index (κ3) is 3.72. The van der Waals surface area contributed by atoms with Gasteiger partial charge in [-0.2, -0.15) is 0 Å². The van der Waals surface area contributed by atoms with Gasteiger partial charge in [-0.05, 0) is 19.8 Å². The van der Waals surface area contributed by atoms with E-state index in [0.29, 0.717) is 13.1 Å². The van der Waals surface area contributed by atoms with Crippen LogP contribution < -0.4 is 5.32 Å². The van der Waals surface area contributed by atoms with Crippen molar-refractivity contribution in [3.8, 4) is 0 Å². The molecule has 0 radical (unpaired) electrons. The van der Waals surface area contributed by atoms with Crippen molar-refractivity contribution in [3.05, 3.63) is 18.7 Å². The Hall–Kier alpha value is -2.05. The van der Waals surface area contributed by atoms with Gasteiger partial charge in [0.15, 0.2) is 0 Å². The van der Waals surface area contributed by atoms with E-state index >= 15 is 0 Å². The molecule has 2 heterocycles. The van der Waals surface area contributed by atoms with Crippen molar-refractivity contribution < 1.29 is 14.7 Å². The van der Waals surface area contributed by atoms with Gasteiger partial charge in [-0.15, -0.1) is 0 Å². The molecule has 0 aliphatic carbocycles. The highest BCUT2D eigenvalue weighted by atomic mass is 16.4. The maximum atomic E-state index is 12.2. The van der Waals surface area contributed by atoms with Gasteiger partial charge >= 0.3 is 12.0 Å². The molecule has 1 aliphatic rings. The molecule has 2 N–H and O–H groups in total. The molecule has 0 bridgehead atoms. The van der Waals surface area contributed by atoms with Crippen LogP contribution in [-0.2, 0) is 11.3 Å². The lowest BCUT2D eigenvalue weighted by molar-refractivity contribution is -0.137. The first-order valence-corrected chi connectivity index (χ1v) is 6.81. The van der Waals surface area contributed by atoms with Gasteiger partial charge in [0.2, 0.25) is 0 Å². The van der Waals surface area contributed by atoms with Crippen LogP contribution in [0.1, 0.15) is 26.2 Å². The van der Waals surface area contributed by atoms with E-state index in [4.69, 9.17) is 5.11 Å². The third-order valence-electron chi connectivity index (χ3n) is 3.46. The van der Waals surface area contributed by atoms with Crippen LogP contribution in [0.5, 0.6) is 0 Å². The lowest BCUT2D eigenvalue weighted by Crippen LogP contribution is -2.47. The Morgan fingerprint density at radius 2 is 2.35 bits per heavy atom. The molecule has 1 aromatic heterocycles. The lowest BCUT2D eigenvalue weighted by atomic mass is 10.1. The molecule has 1 aliphatic heterocycles. The van der Waals surface area contributed by atoms with Crippen molar-refractivity contribution in [1.82, 2.24) is 19.8 Å². The number of imidazole rings is 1. The summed E-state index contributed by atoms with van der Waals surface area (Å²) >= 11 is 0. The number of carbonyl (C=O) groups is 2. The van der Waals surface area contributed by atoms with Gasteiger partial charge in [0.25, 0.3) is 0 Å². The van der Waals surface area contributed by atoms with Crippen molar-refractivity contribution in [2.75, 3.05) is 6.54 Å². The first-order valence-electron chi connectivity index (χ1n) is 6.81. The molecule has 2 rings (SSSR count). The number of carboxylic acid groups (broad SMARTS) is 1. The standard InChI is InChI=1S/C13H20N4O3/c1-10(8-16-6-4-14-9-16)15-13(20)17-5-2-3-11(17)7-12(18)19/h4,6,9-11H,2-3,5,7-8H2,1H3,(H,15,20)(H,18,19). The summed E-state index contributed by atoms with van der Waals surface area (Å²) in [6.07, 6.45) is 6.87. The average Bonchev–Trinajstić information content (AvgIpc) is 2.99. The van der Waals surface area contributed by atoms with Crippen molar-refractivity contribution in [3.63, 3.8) is 0 Å². The zero-order valence-corrected chi connectivity index (χ0v) is 11.5. The number of nitrogens with one attached hydrogen (secondary N) is 1.